The van der Waals surface area contributed by atoms with Crippen LogP contribution in [-0.2, 0) is 37.9 Å². The zero-order chi connectivity index (χ0) is 53.7. The molecule has 0 radical (unpaired) electrons. The molecular weight excluding hydrogens is 940 g/mol. The molecule has 388 valence electrons. The van der Waals surface area contributed by atoms with E-state index in [0.29, 0.717) is 0 Å². The summed E-state index contributed by atoms with van der Waals surface area (Å²) in [4.78, 5) is 5.52. The summed E-state index contributed by atoms with van der Waals surface area (Å²) < 4.78 is 2.89. The summed E-state index contributed by atoms with van der Waals surface area (Å²) >= 11 is 2.08. The van der Waals surface area contributed by atoms with E-state index in [0.717, 1.165) is 0 Å². The molecule has 2 aliphatic heterocycles. The van der Waals surface area contributed by atoms with Crippen LogP contribution in [0.4, 0.5) is 34.1 Å². The third-order valence-electron chi connectivity index (χ3n) is 20.0. The number of benzene rings is 6. The molecule has 0 unspecified atom stereocenters. The van der Waals surface area contributed by atoms with Gasteiger partial charge in [0.05, 0.1) is 19.4 Å². The van der Waals surface area contributed by atoms with Crippen molar-refractivity contribution in [2.24, 2.45) is 0 Å². The minimum Gasteiger partial charge on any atom is -0.311 e. The lowest BCUT2D eigenvalue weighted by atomic mass is 9.36. The Morgan fingerprint density at radius 2 is 1.00 bits per heavy atom. The fourth-order valence-electron chi connectivity index (χ4n) is 14.6. The number of hydrogen-bond donors (Lipinski definition) is 0. The Hall–Kier alpha value is -4.84. The molecule has 0 amide bonds. The maximum atomic E-state index is 2.77. The number of fused-ring (bicyclic) bond motifs is 9. The second-order valence-electron chi connectivity index (χ2n) is 30.3. The van der Waals surface area contributed by atoms with Gasteiger partial charge in [0.1, 0.15) is 0 Å². The molecule has 5 heteroatoms. The Morgan fingerprint density at radius 1 is 0.493 bits per heavy atom. The van der Waals surface area contributed by atoms with Gasteiger partial charge in [-0.3, -0.25) is 0 Å². The fraction of sp³-hybridized carbons (Fsp3) is 0.457. The summed E-state index contributed by atoms with van der Waals surface area (Å²) in [5.74, 6) is 0. The van der Waals surface area contributed by atoms with Crippen LogP contribution in [0.3, 0.4) is 0 Å². The van der Waals surface area contributed by atoms with Crippen molar-refractivity contribution in [1.82, 2.24) is 0 Å². The van der Waals surface area contributed by atoms with Gasteiger partial charge in [-0.15, -0.1) is 11.3 Å². The van der Waals surface area contributed by atoms with Gasteiger partial charge in [-0.25, -0.2) is 0 Å². The Bertz CT molecular complexity index is 3550. The van der Waals surface area contributed by atoms with Crippen molar-refractivity contribution in [2.45, 2.75) is 207 Å². The quantitative estimate of drug-likeness (QED) is 0.162. The van der Waals surface area contributed by atoms with Crippen LogP contribution in [0.2, 0.25) is 19.6 Å². The molecule has 0 N–H and O–H groups in total. The normalized spacial score (nSPS) is 20.2. The molecule has 3 aliphatic carbocycles. The van der Waals surface area contributed by atoms with E-state index in [1.165, 1.54) is 159 Å². The lowest BCUT2D eigenvalue weighted by molar-refractivity contribution is 0.332. The first-order chi connectivity index (χ1) is 34.8. The van der Waals surface area contributed by atoms with Gasteiger partial charge < -0.3 is 9.80 Å². The average molecular weight is 1030 g/mol. The first-order valence-corrected chi connectivity index (χ1v) is 33.1. The predicted octanol–water partition coefficient (Wildman–Crippen LogP) is 17.8. The molecule has 0 fully saturated rings. The van der Waals surface area contributed by atoms with E-state index in [1.807, 2.05) is 0 Å². The van der Waals surface area contributed by atoms with E-state index < -0.39 is 8.07 Å². The van der Waals surface area contributed by atoms with Crippen LogP contribution in [0.15, 0.2) is 97.1 Å². The molecule has 1 aromatic heterocycles. The zero-order valence-electron chi connectivity index (χ0n) is 49.4. The van der Waals surface area contributed by atoms with Crippen molar-refractivity contribution in [3.63, 3.8) is 0 Å². The number of aryl methyl sites for hydroxylation is 1. The molecule has 7 aromatic rings. The predicted molar refractivity (Wildman–Crippen MR) is 334 cm³/mol. The molecule has 0 saturated carbocycles. The molecule has 2 nitrogen and oxygen atoms in total. The van der Waals surface area contributed by atoms with Crippen molar-refractivity contribution < 1.29 is 0 Å². The Kier molecular flexibility index (Phi) is 11.0. The second-order valence-corrected chi connectivity index (χ2v) is 36.5. The lowest BCUT2D eigenvalue weighted by Gasteiger charge is -2.46. The Labute approximate surface area is 457 Å². The van der Waals surface area contributed by atoms with Crippen molar-refractivity contribution >= 4 is 91.2 Å². The van der Waals surface area contributed by atoms with Gasteiger partial charge in [-0.1, -0.05) is 171 Å². The van der Waals surface area contributed by atoms with E-state index in [2.05, 4.69) is 249 Å². The van der Waals surface area contributed by atoms with Gasteiger partial charge >= 0.3 is 0 Å². The highest BCUT2D eigenvalue weighted by atomic mass is 32.1. The molecule has 75 heavy (non-hydrogen) atoms. The largest absolute Gasteiger partial charge is 0.311 e. The fourth-order valence-corrected chi connectivity index (χ4v) is 17.1. The van der Waals surface area contributed by atoms with E-state index in [4.69, 9.17) is 0 Å². The first-order valence-electron chi connectivity index (χ1n) is 28.7. The highest BCUT2D eigenvalue weighted by molar-refractivity contribution is 7.33. The monoisotopic (exact) mass is 1020 g/mol. The van der Waals surface area contributed by atoms with Crippen LogP contribution >= 0.6 is 11.3 Å². The number of thiophene rings is 1. The van der Waals surface area contributed by atoms with Crippen LogP contribution in [0.5, 0.6) is 0 Å². The van der Waals surface area contributed by atoms with Crippen LogP contribution in [0.1, 0.15) is 187 Å². The van der Waals surface area contributed by atoms with Crippen LogP contribution in [-0.4, -0.2) is 14.8 Å². The summed E-state index contributed by atoms with van der Waals surface area (Å²) in [6.45, 7) is 46.9. The SMILES string of the molecule is Cc1cc2c3c(c1)N(c1ccc4c(c1)C(C)(C)CCC4(C)C)c1c(sc4cc5c(cc14)C(C)(C)CCC5(C)C)B3c1cc(C(C)(C)C)ccc1N2c1cc2c(cc1-c1ccc([Si](C)(C)C)cc1)C(C)(C)CCC2(C)C. The van der Waals surface area contributed by atoms with E-state index in [-0.39, 0.29) is 44.6 Å². The number of nitrogens with zero attached hydrogens (tertiary/aromatic N) is 2. The minimum atomic E-state index is -1.54. The number of hydrogen-bond acceptors (Lipinski definition) is 3. The maximum Gasteiger partial charge on any atom is 0.264 e. The van der Waals surface area contributed by atoms with Gasteiger partial charge in [0, 0.05) is 43.2 Å². The third kappa shape index (κ3) is 7.79. The summed E-state index contributed by atoms with van der Waals surface area (Å²) in [5, 5.41) is 2.91. The summed E-state index contributed by atoms with van der Waals surface area (Å²) in [6, 6.07) is 40.8. The van der Waals surface area contributed by atoms with Crippen molar-refractivity contribution in [1.29, 1.82) is 0 Å². The molecule has 5 aliphatic rings. The topological polar surface area (TPSA) is 6.48 Å². The summed E-state index contributed by atoms with van der Waals surface area (Å²) in [7, 11) is -1.54. The van der Waals surface area contributed by atoms with Crippen LogP contribution in [0.25, 0.3) is 21.2 Å². The molecule has 0 saturated heterocycles. The van der Waals surface area contributed by atoms with Crippen molar-refractivity contribution in [3.05, 3.63) is 142 Å². The summed E-state index contributed by atoms with van der Waals surface area (Å²) in [6.07, 6.45) is 7.13. The van der Waals surface area contributed by atoms with Gasteiger partial charge in [0.2, 0.25) is 0 Å². The molecule has 12 rings (SSSR count). The molecule has 0 bridgehead atoms. The van der Waals surface area contributed by atoms with E-state index >= 15 is 0 Å². The van der Waals surface area contributed by atoms with Gasteiger partial charge in [0.25, 0.3) is 6.71 Å². The first kappa shape index (κ1) is 50.9. The highest BCUT2D eigenvalue weighted by Gasteiger charge is 2.49. The van der Waals surface area contributed by atoms with Crippen LogP contribution in [0, 0.1) is 6.92 Å². The number of anilines is 6. The highest BCUT2D eigenvalue weighted by Crippen LogP contribution is 2.56. The number of rotatable bonds is 4. The minimum absolute atomic E-state index is 0.0307. The second kappa shape index (κ2) is 16.1. The van der Waals surface area contributed by atoms with Gasteiger partial charge in [0.15, 0.2) is 0 Å². The van der Waals surface area contributed by atoms with E-state index in [1.54, 1.807) is 0 Å². The van der Waals surface area contributed by atoms with Gasteiger partial charge in [-0.2, -0.15) is 0 Å². The standard InChI is InChI=1S/C70H85BN2SSi/c1-42-34-58-61-59(35-42)73(57-40-53-51(67(9,10)30-32-69(53,13)14)38-47(57)43-20-24-46(25-21-43)75(17,18)19)56-27-22-44(64(2,3)4)36-55(56)71(61)63-62(48-39-52-54(41-60(48)74-63)70(15,16)33-31-68(52,11)12)72(58)45-23-26-49-50(37-45)66(7,8)29-28-65(49,5)6/h20-27,34-41H,28-33H2,1-19H3. The zero-order valence-corrected chi connectivity index (χ0v) is 51.2. The molecule has 0 spiro atoms. The summed E-state index contributed by atoms with van der Waals surface area (Å²) in [5.41, 5.74) is 25.6. The smallest absolute Gasteiger partial charge is 0.264 e. The maximum absolute atomic E-state index is 2.77. The molecule has 0 atom stereocenters. The van der Waals surface area contributed by atoms with Gasteiger partial charge in [-0.05, 0) is 199 Å². The molecule has 3 heterocycles. The Balaban J connectivity index is 1.22. The van der Waals surface area contributed by atoms with Crippen LogP contribution < -0.4 is 30.7 Å². The van der Waals surface area contributed by atoms with Crippen molar-refractivity contribution in [3.8, 4) is 11.1 Å². The van der Waals surface area contributed by atoms with E-state index in [9.17, 15) is 0 Å². The van der Waals surface area contributed by atoms with Crippen molar-refractivity contribution in [2.75, 3.05) is 9.80 Å². The third-order valence-corrected chi connectivity index (χ3v) is 23.3. The Morgan fingerprint density at radius 3 is 1.56 bits per heavy atom. The average Bonchev–Trinajstić information content (AvgIpc) is 3.71. The molecular formula is C70H85BN2SSi. The molecule has 6 aromatic carbocycles. The lowest BCUT2D eigenvalue weighted by Crippen LogP contribution is -2.60.